The zero-order chi connectivity index (χ0) is 17.5. The SMILES string of the molecule is COc1ccc(CNC(=O)CC(=O)Nc2ccc(F)c(F)c2)cc1. The average molecular weight is 334 g/mol. The second-order valence-electron chi connectivity index (χ2n) is 4.98. The predicted octanol–water partition coefficient (Wildman–Crippen LogP) is 2.62. The number of halogens is 2. The molecule has 0 bridgehead atoms. The van der Waals surface area contributed by atoms with Gasteiger partial charge in [0.15, 0.2) is 11.6 Å². The Labute approximate surface area is 137 Å². The van der Waals surface area contributed by atoms with E-state index in [4.69, 9.17) is 4.74 Å². The van der Waals surface area contributed by atoms with Crippen LogP contribution < -0.4 is 15.4 Å². The van der Waals surface area contributed by atoms with Gasteiger partial charge in [0.25, 0.3) is 0 Å². The maximum Gasteiger partial charge on any atom is 0.233 e. The molecule has 0 radical (unpaired) electrons. The van der Waals surface area contributed by atoms with Crippen molar-refractivity contribution in [1.29, 1.82) is 0 Å². The topological polar surface area (TPSA) is 67.4 Å². The highest BCUT2D eigenvalue weighted by Gasteiger charge is 2.11. The van der Waals surface area contributed by atoms with E-state index in [0.717, 1.165) is 17.7 Å². The first kappa shape index (κ1) is 17.4. The molecule has 0 unspecified atom stereocenters. The number of anilines is 1. The first-order valence-electron chi connectivity index (χ1n) is 7.12. The van der Waals surface area contributed by atoms with Crippen LogP contribution in [0.3, 0.4) is 0 Å². The normalized spacial score (nSPS) is 10.1. The van der Waals surface area contributed by atoms with Crippen LogP contribution in [0, 0.1) is 11.6 Å². The summed E-state index contributed by atoms with van der Waals surface area (Å²) in [6.07, 6.45) is -0.421. The first-order valence-corrected chi connectivity index (χ1v) is 7.12. The molecule has 2 aromatic rings. The van der Waals surface area contributed by atoms with Gasteiger partial charge in [0, 0.05) is 18.3 Å². The number of rotatable bonds is 6. The van der Waals surface area contributed by atoms with Gasteiger partial charge in [0.1, 0.15) is 12.2 Å². The third-order valence-electron chi connectivity index (χ3n) is 3.17. The van der Waals surface area contributed by atoms with E-state index in [0.29, 0.717) is 5.75 Å². The lowest BCUT2D eigenvalue weighted by Crippen LogP contribution is -2.27. The summed E-state index contributed by atoms with van der Waals surface area (Å²) in [7, 11) is 1.56. The maximum atomic E-state index is 13.0. The van der Waals surface area contributed by atoms with Crippen LogP contribution in [-0.2, 0) is 16.1 Å². The number of methoxy groups -OCH3 is 1. The summed E-state index contributed by atoms with van der Waals surface area (Å²) < 4.78 is 30.9. The van der Waals surface area contributed by atoms with Crippen LogP contribution in [0.1, 0.15) is 12.0 Å². The van der Waals surface area contributed by atoms with Crippen LogP contribution in [0.4, 0.5) is 14.5 Å². The lowest BCUT2D eigenvalue weighted by Gasteiger charge is -2.07. The minimum atomic E-state index is -1.07. The highest BCUT2D eigenvalue weighted by Crippen LogP contribution is 2.13. The Kier molecular flexibility index (Phi) is 5.83. The van der Waals surface area contributed by atoms with Crippen molar-refractivity contribution in [3.05, 3.63) is 59.7 Å². The van der Waals surface area contributed by atoms with E-state index in [1.165, 1.54) is 6.07 Å². The first-order chi connectivity index (χ1) is 11.5. The number of carbonyl (C=O) groups excluding carboxylic acids is 2. The molecule has 0 saturated heterocycles. The Morgan fingerprint density at radius 3 is 2.33 bits per heavy atom. The van der Waals surface area contributed by atoms with Crippen molar-refractivity contribution in [2.75, 3.05) is 12.4 Å². The Bertz CT molecular complexity index is 733. The predicted molar refractivity (Wildman–Crippen MR) is 84.4 cm³/mol. The molecule has 5 nitrogen and oxygen atoms in total. The monoisotopic (exact) mass is 334 g/mol. The van der Waals surface area contributed by atoms with Crippen LogP contribution in [0.5, 0.6) is 5.75 Å². The largest absolute Gasteiger partial charge is 0.497 e. The molecule has 0 heterocycles. The van der Waals surface area contributed by atoms with E-state index in [-0.39, 0.29) is 12.2 Å². The van der Waals surface area contributed by atoms with E-state index in [9.17, 15) is 18.4 Å². The smallest absolute Gasteiger partial charge is 0.233 e. The minimum absolute atomic E-state index is 0.0851. The maximum absolute atomic E-state index is 13.0. The molecule has 0 aliphatic rings. The van der Waals surface area contributed by atoms with E-state index >= 15 is 0 Å². The molecule has 2 aromatic carbocycles. The standard InChI is InChI=1S/C17H16F2N2O3/c1-24-13-5-2-11(3-6-13)10-20-16(22)9-17(23)21-12-4-7-14(18)15(19)8-12/h2-8H,9-10H2,1H3,(H,20,22)(H,21,23). The third kappa shape index (κ3) is 5.05. The van der Waals surface area contributed by atoms with Crippen molar-refractivity contribution >= 4 is 17.5 Å². The lowest BCUT2D eigenvalue weighted by molar-refractivity contribution is -0.126. The number of amides is 2. The van der Waals surface area contributed by atoms with E-state index in [2.05, 4.69) is 10.6 Å². The summed E-state index contributed by atoms with van der Waals surface area (Å²) in [6.45, 7) is 0.265. The Balaban J connectivity index is 1.80. The molecule has 2 amide bonds. The zero-order valence-corrected chi connectivity index (χ0v) is 12.9. The fraction of sp³-hybridized carbons (Fsp3) is 0.176. The molecule has 0 atom stereocenters. The van der Waals surface area contributed by atoms with E-state index in [1.54, 1.807) is 31.4 Å². The molecule has 0 aliphatic carbocycles. The van der Waals surface area contributed by atoms with Crippen molar-refractivity contribution in [3.8, 4) is 5.75 Å². The molecule has 0 fully saturated rings. The van der Waals surface area contributed by atoms with Crippen LogP contribution in [0.15, 0.2) is 42.5 Å². The minimum Gasteiger partial charge on any atom is -0.497 e. The fourth-order valence-electron chi connectivity index (χ4n) is 1.93. The number of ether oxygens (including phenoxy) is 1. The van der Waals surface area contributed by atoms with Crippen molar-refractivity contribution in [1.82, 2.24) is 5.32 Å². The lowest BCUT2D eigenvalue weighted by atomic mass is 10.2. The molecule has 0 aromatic heterocycles. The highest BCUT2D eigenvalue weighted by atomic mass is 19.2. The molecule has 2 rings (SSSR count). The molecule has 126 valence electrons. The second-order valence-corrected chi connectivity index (χ2v) is 4.98. The van der Waals surface area contributed by atoms with Crippen molar-refractivity contribution in [2.24, 2.45) is 0 Å². The summed E-state index contributed by atoms with van der Waals surface area (Å²) in [4.78, 5) is 23.4. The molecular formula is C17H16F2N2O3. The zero-order valence-electron chi connectivity index (χ0n) is 12.9. The van der Waals surface area contributed by atoms with Gasteiger partial charge in [0.05, 0.1) is 7.11 Å². The van der Waals surface area contributed by atoms with Gasteiger partial charge >= 0.3 is 0 Å². The summed E-state index contributed by atoms with van der Waals surface area (Å²) in [5.74, 6) is -2.47. The number of hydrogen-bond acceptors (Lipinski definition) is 3. The molecular weight excluding hydrogens is 318 g/mol. The van der Waals surface area contributed by atoms with Crippen LogP contribution >= 0.6 is 0 Å². The number of hydrogen-bond donors (Lipinski definition) is 2. The van der Waals surface area contributed by atoms with Crippen molar-refractivity contribution < 1.29 is 23.1 Å². The highest BCUT2D eigenvalue weighted by molar-refractivity contribution is 6.03. The second kappa shape index (κ2) is 8.05. The van der Waals surface area contributed by atoms with Crippen LogP contribution in [0.2, 0.25) is 0 Å². The summed E-state index contributed by atoms with van der Waals surface area (Å²) in [6, 6.07) is 10.1. The number of carbonyl (C=O) groups is 2. The number of benzene rings is 2. The number of nitrogens with one attached hydrogen (secondary N) is 2. The Hall–Kier alpha value is -2.96. The summed E-state index contributed by atoms with van der Waals surface area (Å²) in [5, 5.41) is 4.93. The Morgan fingerprint density at radius 2 is 1.71 bits per heavy atom. The van der Waals surface area contributed by atoms with Gasteiger partial charge in [-0.25, -0.2) is 8.78 Å². The van der Waals surface area contributed by atoms with Gasteiger partial charge in [-0.1, -0.05) is 12.1 Å². The van der Waals surface area contributed by atoms with Gasteiger partial charge in [0.2, 0.25) is 11.8 Å². The molecule has 0 aliphatic heterocycles. The van der Waals surface area contributed by atoms with E-state index < -0.39 is 29.9 Å². The fourth-order valence-corrected chi connectivity index (χ4v) is 1.93. The molecule has 2 N–H and O–H groups in total. The third-order valence-corrected chi connectivity index (χ3v) is 3.17. The van der Waals surface area contributed by atoms with Gasteiger partial charge in [-0.3, -0.25) is 9.59 Å². The molecule has 24 heavy (non-hydrogen) atoms. The summed E-state index contributed by atoms with van der Waals surface area (Å²) in [5.41, 5.74) is 0.937. The van der Waals surface area contributed by atoms with Gasteiger partial charge in [-0.05, 0) is 29.8 Å². The van der Waals surface area contributed by atoms with E-state index in [1.807, 2.05) is 0 Å². The average Bonchev–Trinajstić information content (AvgIpc) is 2.56. The molecule has 7 heteroatoms. The summed E-state index contributed by atoms with van der Waals surface area (Å²) >= 11 is 0. The molecule has 0 spiro atoms. The van der Waals surface area contributed by atoms with Crippen LogP contribution in [0.25, 0.3) is 0 Å². The van der Waals surface area contributed by atoms with Crippen molar-refractivity contribution in [3.63, 3.8) is 0 Å². The van der Waals surface area contributed by atoms with Crippen molar-refractivity contribution in [2.45, 2.75) is 13.0 Å². The quantitative estimate of drug-likeness (QED) is 0.798. The Morgan fingerprint density at radius 1 is 1.00 bits per heavy atom. The van der Waals surface area contributed by atoms with Gasteiger partial charge in [-0.15, -0.1) is 0 Å². The van der Waals surface area contributed by atoms with Gasteiger partial charge in [-0.2, -0.15) is 0 Å². The van der Waals surface area contributed by atoms with Crippen LogP contribution in [-0.4, -0.2) is 18.9 Å². The van der Waals surface area contributed by atoms with Gasteiger partial charge < -0.3 is 15.4 Å². The molecule has 0 saturated carbocycles.